The van der Waals surface area contributed by atoms with E-state index in [1.54, 1.807) is 0 Å². The maximum atomic E-state index is 3.67. The van der Waals surface area contributed by atoms with Crippen molar-refractivity contribution >= 4 is 5.69 Å². The average molecular weight is 378 g/mol. The van der Waals surface area contributed by atoms with Crippen molar-refractivity contribution in [3.8, 4) is 11.1 Å². The molecule has 1 N–H and O–H groups in total. The Kier molecular flexibility index (Phi) is 4.39. The Bertz CT molecular complexity index is 1110. The summed E-state index contributed by atoms with van der Waals surface area (Å²) in [6, 6.07) is 26.6. The Balaban J connectivity index is 1.63. The topological polar surface area (TPSA) is 12.0 Å². The fourth-order valence-electron chi connectivity index (χ4n) is 4.92. The first kappa shape index (κ1) is 18.0. The summed E-state index contributed by atoms with van der Waals surface area (Å²) >= 11 is 0. The minimum atomic E-state index is -0.147. The predicted octanol–water partition coefficient (Wildman–Crippen LogP) is 7.30. The van der Waals surface area contributed by atoms with Crippen LogP contribution in [0.4, 0.5) is 5.69 Å². The molecule has 0 saturated heterocycles. The van der Waals surface area contributed by atoms with E-state index in [1.165, 1.54) is 39.9 Å². The fraction of sp³-hybridized carbons (Fsp3) is 0.214. The first-order valence-corrected chi connectivity index (χ1v) is 10.6. The van der Waals surface area contributed by atoms with E-state index in [2.05, 4.69) is 110 Å². The van der Waals surface area contributed by atoms with E-state index >= 15 is 0 Å². The van der Waals surface area contributed by atoms with Gasteiger partial charge in [0.2, 0.25) is 0 Å². The maximum absolute atomic E-state index is 3.67. The molecule has 5 rings (SSSR count). The van der Waals surface area contributed by atoms with Crippen LogP contribution in [0.25, 0.3) is 11.1 Å². The Morgan fingerprint density at radius 3 is 2.48 bits per heavy atom. The minimum absolute atomic E-state index is 0.147. The molecule has 0 heterocycles. The molecule has 0 amide bonds. The molecule has 3 aromatic rings. The van der Waals surface area contributed by atoms with Gasteiger partial charge in [0.1, 0.15) is 0 Å². The highest BCUT2D eigenvalue weighted by Crippen LogP contribution is 2.52. The van der Waals surface area contributed by atoms with E-state index < -0.39 is 0 Å². The largest absolute Gasteiger partial charge is 0.356 e. The summed E-state index contributed by atoms with van der Waals surface area (Å²) in [5.41, 5.74) is 9.01. The standard InChI is InChI=1S/C28H27N/c1-20-10-6-7-13-22(18-20)29-23-16-17-25-24-14-8-9-15-26(24)28(2,27(25)19-23)21-11-4-3-5-12-21/h3-5,7-9,11-20,29H,6,10H2,1-2H3. The zero-order chi connectivity index (χ0) is 19.8. The van der Waals surface area contributed by atoms with Gasteiger partial charge in [-0.15, -0.1) is 0 Å². The molecule has 1 nitrogen and oxygen atoms in total. The van der Waals surface area contributed by atoms with Gasteiger partial charge in [0.15, 0.2) is 0 Å². The van der Waals surface area contributed by atoms with Gasteiger partial charge in [-0.2, -0.15) is 0 Å². The third-order valence-corrected chi connectivity index (χ3v) is 6.50. The lowest BCUT2D eigenvalue weighted by Crippen LogP contribution is -2.22. The van der Waals surface area contributed by atoms with Gasteiger partial charge in [0, 0.05) is 16.8 Å². The normalized spacial score (nSPS) is 22.4. The molecule has 144 valence electrons. The van der Waals surface area contributed by atoms with Gasteiger partial charge in [0.25, 0.3) is 0 Å². The van der Waals surface area contributed by atoms with Crippen LogP contribution in [0.3, 0.4) is 0 Å². The van der Waals surface area contributed by atoms with Crippen LogP contribution in [0, 0.1) is 5.92 Å². The van der Waals surface area contributed by atoms with E-state index in [-0.39, 0.29) is 5.41 Å². The van der Waals surface area contributed by atoms with Gasteiger partial charge in [-0.05, 0) is 71.7 Å². The van der Waals surface area contributed by atoms with Crippen LogP contribution < -0.4 is 5.32 Å². The van der Waals surface area contributed by atoms with Crippen molar-refractivity contribution < 1.29 is 0 Å². The molecule has 0 spiro atoms. The smallest absolute Gasteiger partial charge is 0.0436 e. The van der Waals surface area contributed by atoms with Crippen molar-refractivity contribution in [2.45, 2.75) is 32.1 Å². The van der Waals surface area contributed by atoms with Gasteiger partial charge >= 0.3 is 0 Å². The molecule has 0 aromatic heterocycles. The highest BCUT2D eigenvalue weighted by Gasteiger charge is 2.40. The summed E-state index contributed by atoms with van der Waals surface area (Å²) < 4.78 is 0. The summed E-state index contributed by atoms with van der Waals surface area (Å²) in [7, 11) is 0. The highest BCUT2D eigenvalue weighted by atomic mass is 14.9. The summed E-state index contributed by atoms with van der Waals surface area (Å²) in [6.07, 6.45) is 9.21. The molecule has 2 aliphatic rings. The molecule has 0 aliphatic heterocycles. The predicted molar refractivity (Wildman–Crippen MR) is 123 cm³/mol. The van der Waals surface area contributed by atoms with Crippen molar-refractivity contribution in [2.75, 3.05) is 5.32 Å². The third-order valence-electron chi connectivity index (χ3n) is 6.50. The highest BCUT2D eigenvalue weighted by molar-refractivity contribution is 5.84. The van der Waals surface area contributed by atoms with E-state index in [9.17, 15) is 0 Å². The monoisotopic (exact) mass is 377 g/mol. The van der Waals surface area contributed by atoms with Crippen LogP contribution in [-0.2, 0) is 5.41 Å². The molecule has 29 heavy (non-hydrogen) atoms. The van der Waals surface area contributed by atoms with Crippen LogP contribution in [0.2, 0.25) is 0 Å². The lowest BCUT2D eigenvalue weighted by molar-refractivity contribution is 0.660. The number of fused-ring (bicyclic) bond motifs is 3. The van der Waals surface area contributed by atoms with Crippen LogP contribution in [-0.4, -0.2) is 0 Å². The number of benzene rings is 3. The van der Waals surface area contributed by atoms with E-state index in [0.717, 1.165) is 12.1 Å². The first-order chi connectivity index (χ1) is 14.2. The summed E-state index contributed by atoms with van der Waals surface area (Å²) in [5.74, 6) is 0.598. The van der Waals surface area contributed by atoms with Crippen molar-refractivity contribution in [1.82, 2.24) is 0 Å². The van der Waals surface area contributed by atoms with Crippen molar-refractivity contribution in [3.63, 3.8) is 0 Å². The molecule has 0 fully saturated rings. The quantitative estimate of drug-likeness (QED) is 0.505. The Morgan fingerprint density at radius 2 is 1.62 bits per heavy atom. The number of nitrogens with one attached hydrogen (secondary N) is 1. The number of hydrogen-bond donors (Lipinski definition) is 1. The van der Waals surface area contributed by atoms with E-state index in [4.69, 9.17) is 0 Å². The second kappa shape index (κ2) is 7.08. The minimum Gasteiger partial charge on any atom is -0.356 e. The number of rotatable bonds is 3. The first-order valence-electron chi connectivity index (χ1n) is 10.6. The zero-order valence-corrected chi connectivity index (χ0v) is 17.2. The number of allylic oxidation sites excluding steroid dienone is 3. The fourth-order valence-corrected chi connectivity index (χ4v) is 4.92. The third kappa shape index (κ3) is 3.02. The summed E-state index contributed by atoms with van der Waals surface area (Å²) in [4.78, 5) is 0. The van der Waals surface area contributed by atoms with Crippen LogP contribution in [0.15, 0.2) is 96.7 Å². The second-order valence-corrected chi connectivity index (χ2v) is 8.50. The Morgan fingerprint density at radius 1 is 0.862 bits per heavy atom. The molecular formula is C28H27N. The lowest BCUT2D eigenvalue weighted by atomic mass is 9.74. The average Bonchev–Trinajstić information content (AvgIpc) is 2.86. The molecule has 1 heteroatoms. The van der Waals surface area contributed by atoms with Crippen LogP contribution in [0.1, 0.15) is 43.4 Å². The molecule has 2 atom stereocenters. The molecule has 0 bridgehead atoms. The number of anilines is 1. The van der Waals surface area contributed by atoms with Gasteiger partial charge in [-0.3, -0.25) is 0 Å². The van der Waals surface area contributed by atoms with Crippen LogP contribution in [0.5, 0.6) is 0 Å². The lowest BCUT2D eigenvalue weighted by Gasteiger charge is -2.28. The van der Waals surface area contributed by atoms with E-state index in [1.807, 2.05) is 0 Å². The van der Waals surface area contributed by atoms with Crippen molar-refractivity contribution in [1.29, 1.82) is 0 Å². The summed E-state index contributed by atoms with van der Waals surface area (Å²) in [6.45, 7) is 4.66. The van der Waals surface area contributed by atoms with Crippen LogP contribution >= 0.6 is 0 Å². The molecule has 0 radical (unpaired) electrons. The molecule has 0 saturated carbocycles. The number of hydrogen-bond acceptors (Lipinski definition) is 1. The zero-order valence-electron chi connectivity index (χ0n) is 17.2. The van der Waals surface area contributed by atoms with Gasteiger partial charge in [-0.25, -0.2) is 0 Å². The van der Waals surface area contributed by atoms with Crippen molar-refractivity contribution in [3.05, 3.63) is 113 Å². The summed E-state index contributed by atoms with van der Waals surface area (Å²) in [5, 5.41) is 3.67. The van der Waals surface area contributed by atoms with Gasteiger partial charge in [0.05, 0.1) is 0 Å². The SMILES string of the molecule is CC1C=C(Nc2ccc3c(c2)C(C)(c2ccccc2)c2ccccc2-3)C=CCC1. The van der Waals surface area contributed by atoms with Gasteiger partial charge in [-0.1, -0.05) is 79.7 Å². The van der Waals surface area contributed by atoms with E-state index in [0.29, 0.717) is 5.92 Å². The van der Waals surface area contributed by atoms with Gasteiger partial charge < -0.3 is 5.32 Å². The Labute approximate surface area is 173 Å². The molecule has 2 unspecified atom stereocenters. The molecule has 3 aromatic carbocycles. The molecule has 2 aliphatic carbocycles. The molecular weight excluding hydrogens is 350 g/mol. The van der Waals surface area contributed by atoms with Crippen molar-refractivity contribution in [2.24, 2.45) is 5.92 Å². The maximum Gasteiger partial charge on any atom is 0.0436 e. The second-order valence-electron chi connectivity index (χ2n) is 8.50. The Hall–Kier alpha value is -3.06.